The Hall–Kier alpha value is -3.83. The second-order valence-corrected chi connectivity index (χ2v) is 9.56. The zero-order chi connectivity index (χ0) is 29.2. The molecule has 0 radical (unpaired) electrons. The van der Waals surface area contributed by atoms with E-state index < -0.39 is 29.9 Å². The van der Waals surface area contributed by atoms with E-state index in [0.29, 0.717) is 44.0 Å². The number of carbonyl (C=O) groups is 3. The molecule has 1 aliphatic rings. The fraction of sp³-hybridized carbons (Fsp3) is 0.387. The van der Waals surface area contributed by atoms with Gasteiger partial charge in [0, 0.05) is 25.7 Å². The van der Waals surface area contributed by atoms with Gasteiger partial charge in [0.25, 0.3) is 5.91 Å². The Morgan fingerprint density at radius 2 is 1.78 bits per heavy atom. The molecule has 10 heteroatoms. The minimum atomic E-state index is -1.60. The number of furan rings is 1. The van der Waals surface area contributed by atoms with Crippen LogP contribution in [0.3, 0.4) is 0 Å². The van der Waals surface area contributed by atoms with Crippen LogP contribution in [0.1, 0.15) is 39.9 Å². The Labute approximate surface area is 238 Å². The molecule has 2 unspecified atom stereocenters. The number of aliphatic hydroxyl groups is 1. The number of carbonyl (C=O) groups excluding carboxylic acids is 3. The van der Waals surface area contributed by atoms with E-state index in [1.807, 2.05) is 37.3 Å². The Morgan fingerprint density at radius 1 is 1.02 bits per heavy atom. The number of hydrogen-bond acceptors (Lipinski definition) is 9. The van der Waals surface area contributed by atoms with E-state index in [4.69, 9.17) is 28.5 Å². The number of ketones is 1. The lowest BCUT2D eigenvalue weighted by molar-refractivity contribution is -0.137. The number of cyclic esters (lactones) is 1. The lowest BCUT2D eigenvalue weighted by Crippen LogP contribution is -2.45. The maximum Gasteiger partial charge on any atom is 0.417 e. The van der Waals surface area contributed by atoms with Crippen molar-refractivity contribution in [2.45, 2.75) is 31.9 Å². The second-order valence-electron chi connectivity index (χ2n) is 9.56. The third-order valence-corrected chi connectivity index (χ3v) is 6.67. The van der Waals surface area contributed by atoms with Gasteiger partial charge in [-0.1, -0.05) is 60.2 Å². The van der Waals surface area contributed by atoms with Crippen molar-refractivity contribution >= 4 is 17.8 Å². The molecule has 1 N–H and O–H groups in total. The standard InChI is InChI=1S/C31H35NO9/c1-21-8-6-11-23(18-21)24-19-27(41-26(24)12-7-14-38-16-17-39-15-13-33)28(34)29(37-2)30(35)32-25(20-40-31(32)36)22-9-4-3-5-10-22/h3-6,8-11,18-19,25,29,33H,7,12-17,20H2,1-2H3. The molecular formula is C31H35NO9. The molecule has 0 aliphatic carbocycles. The lowest BCUT2D eigenvalue weighted by atomic mass is 10.0. The van der Waals surface area contributed by atoms with E-state index in [-0.39, 0.29) is 25.6 Å². The van der Waals surface area contributed by atoms with Gasteiger partial charge in [0.05, 0.1) is 26.4 Å². The van der Waals surface area contributed by atoms with Gasteiger partial charge in [0.1, 0.15) is 18.4 Å². The first-order valence-electron chi connectivity index (χ1n) is 13.5. The highest BCUT2D eigenvalue weighted by molar-refractivity contribution is 6.14. The lowest BCUT2D eigenvalue weighted by Gasteiger charge is -2.23. The zero-order valence-corrected chi connectivity index (χ0v) is 23.2. The number of nitrogens with zero attached hydrogens (tertiary/aromatic N) is 1. The van der Waals surface area contributed by atoms with Crippen LogP contribution in [-0.4, -0.2) is 80.6 Å². The number of methoxy groups -OCH3 is 1. The minimum Gasteiger partial charge on any atom is -0.457 e. The van der Waals surface area contributed by atoms with E-state index >= 15 is 0 Å². The zero-order valence-electron chi connectivity index (χ0n) is 23.2. The Balaban J connectivity index is 1.52. The highest BCUT2D eigenvalue weighted by Crippen LogP contribution is 2.32. The molecule has 218 valence electrons. The quantitative estimate of drug-likeness (QED) is 0.164. The van der Waals surface area contributed by atoms with Crippen molar-refractivity contribution in [1.29, 1.82) is 0 Å². The van der Waals surface area contributed by atoms with Crippen LogP contribution in [0, 0.1) is 6.92 Å². The normalized spacial score (nSPS) is 15.6. The van der Waals surface area contributed by atoms with Gasteiger partial charge in [0.2, 0.25) is 11.9 Å². The monoisotopic (exact) mass is 565 g/mol. The molecule has 1 saturated heterocycles. The highest BCUT2D eigenvalue weighted by Gasteiger charge is 2.44. The number of benzene rings is 2. The Morgan fingerprint density at radius 3 is 2.49 bits per heavy atom. The van der Waals surface area contributed by atoms with Crippen molar-refractivity contribution in [3.8, 4) is 11.1 Å². The van der Waals surface area contributed by atoms with Crippen LogP contribution in [0.15, 0.2) is 65.1 Å². The average molecular weight is 566 g/mol. The molecular weight excluding hydrogens is 530 g/mol. The summed E-state index contributed by atoms with van der Waals surface area (Å²) in [5.41, 5.74) is 3.35. The van der Waals surface area contributed by atoms with Crippen molar-refractivity contribution in [2.24, 2.45) is 0 Å². The van der Waals surface area contributed by atoms with Gasteiger partial charge in [-0.25, -0.2) is 9.69 Å². The van der Waals surface area contributed by atoms with Crippen LogP contribution in [-0.2, 0) is 30.2 Å². The third-order valence-electron chi connectivity index (χ3n) is 6.67. The van der Waals surface area contributed by atoms with Crippen LogP contribution in [0.4, 0.5) is 4.79 Å². The number of Topliss-reactive ketones (excluding diaryl/α,β-unsaturated/α-hetero) is 1. The van der Waals surface area contributed by atoms with Crippen LogP contribution in [0.5, 0.6) is 0 Å². The fourth-order valence-electron chi connectivity index (χ4n) is 4.68. The number of amides is 2. The molecule has 2 heterocycles. The van der Waals surface area contributed by atoms with Gasteiger partial charge in [-0.15, -0.1) is 0 Å². The molecule has 0 saturated carbocycles. The molecule has 2 aromatic carbocycles. The van der Waals surface area contributed by atoms with Crippen molar-refractivity contribution < 1.29 is 42.9 Å². The molecule has 1 aliphatic heterocycles. The van der Waals surface area contributed by atoms with Crippen molar-refractivity contribution in [2.75, 3.05) is 46.8 Å². The van der Waals surface area contributed by atoms with Gasteiger partial charge in [-0.2, -0.15) is 0 Å². The predicted molar refractivity (Wildman–Crippen MR) is 148 cm³/mol. The third kappa shape index (κ3) is 7.47. The SMILES string of the molecule is COC(C(=O)c1cc(-c2cccc(C)c2)c(CCCOCCOCCO)o1)C(=O)N1C(=O)OCC1c1ccccc1. The number of aliphatic hydroxyl groups excluding tert-OH is 1. The van der Waals surface area contributed by atoms with E-state index in [1.165, 1.54) is 7.11 Å². The molecule has 4 rings (SSSR count). The Kier molecular flexibility index (Phi) is 10.8. The van der Waals surface area contributed by atoms with Gasteiger partial charge in [0.15, 0.2) is 5.76 Å². The molecule has 0 bridgehead atoms. The summed E-state index contributed by atoms with van der Waals surface area (Å²) in [7, 11) is 1.24. The maximum absolute atomic E-state index is 13.6. The largest absolute Gasteiger partial charge is 0.457 e. The van der Waals surface area contributed by atoms with Crippen molar-refractivity contribution in [3.05, 3.63) is 83.3 Å². The summed E-state index contributed by atoms with van der Waals surface area (Å²) in [4.78, 5) is 40.6. The predicted octanol–water partition coefficient (Wildman–Crippen LogP) is 4.13. The van der Waals surface area contributed by atoms with E-state index in [9.17, 15) is 14.4 Å². The summed E-state index contributed by atoms with van der Waals surface area (Å²) >= 11 is 0. The van der Waals surface area contributed by atoms with Crippen molar-refractivity contribution in [1.82, 2.24) is 4.90 Å². The van der Waals surface area contributed by atoms with E-state index in [1.54, 1.807) is 30.3 Å². The number of aryl methyl sites for hydroxylation is 2. The first kappa shape index (κ1) is 30.1. The van der Waals surface area contributed by atoms with Crippen LogP contribution in [0.2, 0.25) is 0 Å². The first-order chi connectivity index (χ1) is 19.9. The molecule has 0 spiro atoms. The summed E-state index contributed by atoms with van der Waals surface area (Å²) in [5.74, 6) is -0.981. The molecule has 1 aromatic heterocycles. The molecule has 1 fully saturated rings. The second kappa shape index (κ2) is 14.7. The molecule has 41 heavy (non-hydrogen) atoms. The van der Waals surface area contributed by atoms with E-state index in [2.05, 4.69) is 0 Å². The van der Waals surface area contributed by atoms with Crippen molar-refractivity contribution in [3.63, 3.8) is 0 Å². The Bertz CT molecular complexity index is 1320. The fourth-order valence-corrected chi connectivity index (χ4v) is 4.68. The number of ether oxygens (including phenoxy) is 4. The minimum absolute atomic E-state index is 0.0166. The van der Waals surface area contributed by atoms with Gasteiger partial charge in [-0.3, -0.25) is 9.59 Å². The van der Waals surface area contributed by atoms with E-state index in [0.717, 1.165) is 21.6 Å². The molecule has 3 aromatic rings. The number of hydrogen-bond donors (Lipinski definition) is 1. The maximum atomic E-state index is 13.6. The summed E-state index contributed by atoms with van der Waals surface area (Å²) < 4.78 is 27.3. The summed E-state index contributed by atoms with van der Waals surface area (Å²) in [6, 6.07) is 17.7. The van der Waals surface area contributed by atoms with Gasteiger partial charge >= 0.3 is 6.09 Å². The van der Waals surface area contributed by atoms with Crippen LogP contribution >= 0.6 is 0 Å². The molecule has 10 nitrogen and oxygen atoms in total. The average Bonchev–Trinajstić information content (AvgIpc) is 3.59. The number of imide groups is 1. The van der Waals surface area contributed by atoms with Crippen LogP contribution in [0.25, 0.3) is 11.1 Å². The highest BCUT2D eigenvalue weighted by atomic mass is 16.6. The topological polar surface area (TPSA) is 125 Å². The summed E-state index contributed by atoms with van der Waals surface area (Å²) in [6.07, 6.45) is -1.33. The van der Waals surface area contributed by atoms with Gasteiger partial charge in [-0.05, 0) is 30.5 Å². The smallest absolute Gasteiger partial charge is 0.417 e. The van der Waals surface area contributed by atoms with Gasteiger partial charge < -0.3 is 28.5 Å². The molecule has 2 atom stereocenters. The summed E-state index contributed by atoms with van der Waals surface area (Å²) in [5, 5.41) is 8.77. The first-order valence-corrected chi connectivity index (χ1v) is 13.5. The van der Waals surface area contributed by atoms with Crippen LogP contribution < -0.4 is 0 Å². The molecule has 2 amide bonds. The summed E-state index contributed by atoms with van der Waals surface area (Å²) in [6.45, 7) is 3.41. The number of rotatable bonds is 15.